The summed E-state index contributed by atoms with van der Waals surface area (Å²) < 4.78 is 8.24. The van der Waals surface area contributed by atoms with Crippen LogP contribution in [0.3, 0.4) is 0 Å². The lowest BCUT2D eigenvalue weighted by atomic mass is 9.34. The minimum Gasteiger partial charge on any atom is -0.311 e. The minimum absolute atomic E-state index is 0.00624. The van der Waals surface area contributed by atoms with Crippen LogP contribution in [0.5, 0.6) is 0 Å². The van der Waals surface area contributed by atoms with Crippen molar-refractivity contribution in [1.82, 2.24) is 13.7 Å². The summed E-state index contributed by atoms with van der Waals surface area (Å²) in [5.41, 5.74) is 34.0. The van der Waals surface area contributed by atoms with Crippen molar-refractivity contribution >= 4 is 186 Å². The summed E-state index contributed by atoms with van der Waals surface area (Å²) in [6, 6.07) is 104. The van der Waals surface area contributed by atoms with Crippen molar-refractivity contribution in [3.8, 4) is 17.1 Å². The summed E-state index contributed by atoms with van der Waals surface area (Å²) in [5.74, 6) is 0. The Morgan fingerprint density at radius 3 is 0.690 bits per heavy atom. The Bertz CT molecular complexity index is 5230. The molecule has 0 radical (unpaired) electrons. The molecule has 9 heteroatoms. The zero-order chi connectivity index (χ0) is 56.1. The van der Waals surface area contributed by atoms with E-state index in [-0.39, 0.29) is 20.1 Å². The first-order valence-corrected chi connectivity index (χ1v) is 30.6. The van der Waals surface area contributed by atoms with E-state index in [2.05, 4.69) is 301 Å². The van der Waals surface area contributed by atoms with Crippen molar-refractivity contribution in [2.24, 2.45) is 0 Å². The van der Waals surface area contributed by atoms with Crippen molar-refractivity contribution in [3.05, 3.63) is 273 Å². The zero-order valence-electron chi connectivity index (χ0n) is 46.9. The summed E-state index contributed by atoms with van der Waals surface area (Å²) in [7, 11) is 0. The Morgan fingerprint density at radius 2 is 0.414 bits per heavy atom. The molecule has 0 atom stereocenters. The molecule has 0 saturated heterocycles. The van der Waals surface area contributed by atoms with Gasteiger partial charge in [0, 0.05) is 101 Å². The van der Waals surface area contributed by atoms with Gasteiger partial charge in [0.1, 0.15) is 0 Å². The van der Waals surface area contributed by atoms with Crippen molar-refractivity contribution in [2.45, 2.75) is 0 Å². The molecule has 396 valence electrons. The van der Waals surface area contributed by atoms with Crippen molar-refractivity contribution in [3.63, 3.8) is 0 Å². The van der Waals surface area contributed by atoms with Crippen LogP contribution < -0.4 is 63.9 Å². The minimum atomic E-state index is -0.00624. The largest absolute Gasteiger partial charge is 0.311 e. The van der Waals surface area contributed by atoms with E-state index < -0.39 is 0 Å². The summed E-state index contributed by atoms with van der Waals surface area (Å²) in [6.07, 6.45) is 0. The normalized spacial score (nSPS) is 14.1. The Hall–Kier alpha value is -11.1. The van der Waals surface area contributed by atoms with E-state index >= 15 is 0 Å². The second kappa shape index (κ2) is 16.0. The molecule has 16 aromatic rings. The van der Waals surface area contributed by atoms with Gasteiger partial charge in [0.2, 0.25) is 0 Å². The number of hydrogen-bond acceptors (Lipinski definition) is 3. The third-order valence-electron chi connectivity index (χ3n) is 20.7. The SMILES string of the molecule is c1ccc(N2c3ccccc3B3c4ccccc4-n4c5c3c2ccc5c2c4c3c4ccc5c6c4n(c3c3c4ccc7c8c4n(c23)-c2ccccc2B8c2ccccc2N7c2ccccc2)-c2ccccc2B6c2ccccc2N5c2ccccc2)cc1. The lowest BCUT2D eigenvalue weighted by Gasteiger charge is -2.39. The molecule has 87 heavy (non-hydrogen) atoms. The highest BCUT2D eigenvalue weighted by molar-refractivity contribution is 7.02. The lowest BCUT2D eigenvalue weighted by molar-refractivity contribution is 1.17. The molecule has 0 spiro atoms. The van der Waals surface area contributed by atoms with Gasteiger partial charge in [-0.15, -0.1) is 0 Å². The maximum Gasteiger partial charge on any atom is 0.252 e. The van der Waals surface area contributed by atoms with Crippen LogP contribution in [0.15, 0.2) is 273 Å². The average molecular weight is 1100 g/mol. The fourth-order valence-corrected chi connectivity index (χ4v) is 17.8. The van der Waals surface area contributed by atoms with Crippen LogP contribution in [0.25, 0.3) is 82.5 Å². The highest BCUT2D eigenvalue weighted by atomic mass is 15.2. The smallest absolute Gasteiger partial charge is 0.252 e. The highest BCUT2D eigenvalue weighted by Crippen LogP contribution is 2.54. The van der Waals surface area contributed by atoms with Crippen LogP contribution in [0.4, 0.5) is 51.2 Å². The van der Waals surface area contributed by atoms with Gasteiger partial charge in [0.15, 0.2) is 0 Å². The second-order valence-corrected chi connectivity index (χ2v) is 24.5. The van der Waals surface area contributed by atoms with Crippen LogP contribution in [0, 0.1) is 0 Å². The van der Waals surface area contributed by atoms with E-state index in [9.17, 15) is 0 Å². The van der Waals surface area contributed by atoms with Crippen LogP contribution in [-0.2, 0) is 0 Å². The third-order valence-corrected chi connectivity index (χ3v) is 20.7. The van der Waals surface area contributed by atoms with Gasteiger partial charge in [-0.2, -0.15) is 0 Å². The van der Waals surface area contributed by atoms with Crippen molar-refractivity contribution in [2.75, 3.05) is 14.7 Å². The third kappa shape index (κ3) is 5.30. The molecule has 0 aliphatic carbocycles. The summed E-state index contributed by atoms with van der Waals surface area (Å²) in [5, 5.41) is 7.64. The summed E-state index contributed by atoms with van der Waals surface area (Å²) in [6.45, 7) is -0.0187. The molecule has 0 saturated carbocycles. The lowest BCUT2D eigenvalue weighted by Crippen LogP contribution is -2.60. The van der Waals surface area contributed by atoms with E-state index in [1.165, 1.54) is 166 Å². The van der Waals surface area contributed by atoms with Crippen LogP contribution in [-0.4, -0.2) is 33.8 Å². The second-order valence-electron chi connectivity index (χ2n) is 24.5. The summed E-state index contributed by atoms with van der Waals surface area (Å²) in [4.78, 5) is 7.60. The first-order chi connectivity index (χ1) is 43.3. The van der Waals surface area contributed by atoms with Gasteiger partial charge in [-0.1, -0.05) is 182 Å². The van der Waals surface area contributed by atoms with Crippen LogP contribution >= 0.6 is 0 Å². The fourth-order valence-electron chi connectivity index (χ4n) is 17.8. The molecular weight excluding hydrogens is 1050 g/mol. The first-order valence-electron chi connectivity index (χ1n) is 30.6. The topological polar surface area (TPSA) is 24.5 Å². The Balaban J connectivity index is 1.01. The number of anilines is 9. The number of benzene rings is 13. The number of fused-ring (bicyclic) bond motifs is 27. The van der Waals surface area contributed by atoms with Gasteiger partial charge < -0.3 is 28.4 Å². The Labute approximate surface area is 501 Å². The number of nitrogens with zero attached hydrogens (tertiary/aromatic N) is 6. The molecule has 0 fully saturated rings. The standard InChI is InChI=1S/C78H45B3N6/c1-4-22-46(23-5-1)82-58-34-16-10-28-52(58)79-55-31-13-19-37-61(55)85-73-49(40-43-64(82)70(73)79)67-76(85)68-50-41-44-65-71-74(50)87(63-39-21-15-33-57(63)81(71)54-30-12-18-36-60(54)83(65)47-24-6-2-7-25-47)78(68)69-51-42-45-66-72-75(51)86(77(67)69)62-38-20-14-32-56(62)80(72)53-29-11-17-35-59(53)84(66)48-26-8-3-9-27-48/h1-45H. The quantitative estimate of drug-likeness (QED) is 0.165. The molecule has 0 amide bonds. The van der Waals surface area contributed by atoms with Crippen molar-refractivity contribution in [1.29, 1.82) is 0 Å². The van der Waals surface area contributed by atoms with Gasteiger partial charge in [0.05, 0.1) is 33.1 Å². The van der Waals surface area contributed by atoms with Crippen LogP contribution in [0.2, 0.25) is 0 Å². The molecule has 0 N–H and O–H groups in total. The molecule has 6 aliphatic rings. The average Bonchev–Trinajstić information content (AvgIpc) is 1.50. The van der Waals surface area contributed by atoms with Crippen molar-refractivity contribution < 1.29 is 0 Å². The van der Waals surface area contributed by atoms with E-state index in [0.717, 1.165) is 17.1 Å². The van der Waals surface area contributed by atoms with Gasteiger partial charge in [0.25, 0.3) is 20.1 Å². The first kappa shape index (κ1) is 45.3. The van der Waals surface area contributed by atoms with E-state index in [0.29, 0.717) is 0 Å². The van der Waals surface area contributed by atoms with Gasteiger partial charge in [-0.05, 0) is 140 Å². The molecule has 9 heterocycles. The maximum atomic E-state index is 2.75. The molecule has 6 aliphatic heterocycles. The van der Waals surface area contributed by atoms with Crippen LogP contribution in [0.1, 0.15) is 0 Å². The summed E-state index contributed by atoms with van der Waals surface area (Å²) >= 11 is 0. The number of hydrogen-bond donors (Lipinski definition) is 0. The molecule has 22 rings (SSSR count). The molecule has 6 nitrogen and oxygen atoms in total. The van der Waals surface area contributed by atoms with E-state index in [1.54, 1.807) is 0 Å². The maximum absolute atomic E-state index is 2.75. The monoisotopic (exact) mass is 1100 g/mol. The molecule has 3 aromatic heterocycles. The Morgan fingerprint density at radius 1 is 0.184 bits per heavy atom. The Kier molecular flexibility index (Phi) is 8.32. The number of aromatic nitrogens is 3. The highest BCUT2D eigenvalue weighted by Gasteiger charge is 2.48. The molecular formula is C78H45B3N6. The molecule has 13 aromatic carbocycles. The van der Waals surface area contributed by atoms with Gasteiger partial charge in [-0.25, -0.2) is 0 Å². The fraction of sp³-hybridized carbons (Fsp3) is 0. The predicted octanol–water partition coefficient (Wildman–Crippen LogP) is 12.8. The molecule has 0 unspecified atom stereocenters. The van der Waals surface area contributed by atoms with E-state index in [4.69, 9.17) is 0 Å². The van der Waals surface area contributed by atoms with E-state index in [1.807, 2.05) is 0 Å². The predicted molar refractivity (Wildman–Crippen MR) is 367 cm³/mol. The number of rotatable bonds is 3. The van der Waals surface area contributed by atoms with Gasteiger partial charge in [-0.3, -0.25) is 0 Å². The zero-order valence-corrected chi connectivity index (χ0v) is 46.9. The number of para-hydroxylation sites is 9. The molecule has 0 bridgehead atoms. The van der Waals surface area contributed by atoms with Gasteiger partial charge >= 0.3 is 0 Å².